The molecule has 0 unspecified atom stereocenters. The van der Waals surface area contributed by atoms with Gasteiger partial charge in [-0.25, -0.2) is 9.97 Å². The second-order valence-corrected chi connectivity index (χ2v) is 4.62. The molecule has 0 atom stereocenters. The molecule has 2 N–H and O–H groups in total. The molecular formula is C14H17N5O. The SMILES string of the molecule is CNc1cc(C(=O)Nc2cnccn2)cc(C(C)C)n1. The van der Waals surface area contributed by atoms with Gasteiger partial charge in [-0.15, -0.1) is 0 Å². The van der Waals surface area contributed by atoms with Gasteiger partial charge in [0.15, 0.2) is 5.82 Å². The summed E-state index contributed by atoms with van der Waals surface area (Å²) >= 11 is 0. The average Bonchev–Trinajstić information content (AvgIpc) is 2.47. The number of nitrogens with one attached hydrogen (secondary N) is 2. The van der Waals surface area contributed by atoms with Gasteiger partial charge in [0.25, 0.3) is 5.91 Å². The third kappa shape index (κ3) is 3.28. The summed E-state index contributed by atoms with van der Waals surface area (Å²) in [6.07, 6.45) is 4.58. The van der Waals surface area contributed by atoms with Crippen molar-refractivity contribution in [1.82, 2.24) is 15.0 Å². The number of carbonyl (C=O) groups is 1. The van der Waals surface area contributed by atoms with Crippen molar-refractivity contribution < 1.29 is 4.79 Å². The van der Waals surface area contributed by atoms with E-state index in [1.165, 1.54) is 12.4 Å². The van der Waals surface area contributed by atoms with Gasteiger partial charge in [0, 0.05) is 30.7 Å². The standard InChI is InChI=1S/C14H17N5O/c1-9(2)11-6-10(7-12(15-3)18-11)14(20)19-13-8-16-4-5-17-13/h4-9H,1-3H3,(H,15,18)(H,17,19,20). The quantitative estimate of drug-likeness (QED) is 0.891. The molecule has 0 radical (unpaired) electrons. The van der Waals surface area contributed by atoms with Crippen LogP contribution in [0.4, 0.5) is 11.6 Å². The monoisotopic (exact) mass is 271 g/mol. The highest BCUT2D eigenvalue weighted by atomic mass is 16.1. The first-order valence-electron chi connectivity index (χ1n) is 6.37. The second kappa shape index (κ2) is 6.10. The molecule has 20 heavy (non-hydrogen) atoms. The number of anilines is 2. The molecule has 104 valence electrons. The number of rotatable bonds is 4. The minimum Gasteiger partial charge on any atom is -0.373 e. The van der Waals surface area contributed by atoms with E-state index in [0.29, 0.717) is 17.2 Å². The van der Waals surface area contributed by atoms with Gasteiger partial charge in [-0.1, -0.05) is 13.8 Å². The van der Waals surface area contributed by atoms with E-state index in [9.17, 15) is 4.79 Å². The van der Waals surface area contributed by atoms with Crippen LogP contribution in [0, 0.1) is 0 Å². The highest BCUT2D eigenvalue weighted by Crippen LogP contribution is 2.18. The molecule has 0 aromatic carbocycles. The van der Waals surface area contributed by atoms with Gasteiger partial charge in [-0.05, 0) is 18.1 Å². The normalized spacial score (nSPS) is 10.4. The molecule has 2 heterocycles. The molecule has 0 fully saturated rings. The number of hydrogen-bond acceptors (Lipinski definition) is 5. The van der Waals surface area contributed by atoms with Gasteiger partial charge >= 0.3 is 0 Å². The van der Waals surface area contributed by atoms with Crippen LogP contribution in [0.5, 0.6) is 0 Å². The summed E-state index contributed by atoms with van der Waals surface area (Å²) in [5, 5.41) is 5.67. The van der Waals surface area contributed by atoms with E-state index in [1.54, 1.807) is 25.4 Å². The molecule has 0 saturated heterocycles. The molecular weight excluding hydrogens is 254 g/mol. The van der Waals surface area contributed by atoms with Crippen LogP contribution in [0.25, 0.3) is 0 Å². The third-order valence-electron chi connectivity index (χ3n) is 2.76. The largest absolute Gasteiger partial charge is 0.373 e. The average molecular weight is 271 g/mol. The fourth-order valence-electron chi connectivity index (χ4n) is 1.66. The lowest BCUT2D eigenvalue weighted by Gasteiger charge is -2.10. The van der Waals surface area contributed by atoms with Crippen LogP contribution in [0.2, 0.25) is 0 Å². The third-order valence-corrected chi connectivity index (χ3v) is 2.76. The number of amides is 1. The highest BCUT2D eigenvalue weighted by molar-refractivity contribution is 6.04. The summed E-state index contributed by atoms with van der Waals surface area (Å²) in [7, 11) is 1.77. The fraction of sp³-hybridized carbons (Fsp3) is 0.286. The molecule has 0 aliphatic rings. The van der Waals surface area contributed by atoms with E-state index < -0.39 is 0 Å². The molecule has 0 aliphatic carbocycles. The molecule has 1 amide bonds. The number of pyridine rings is 1. The molecule has 0 bridgehead atoms. The predicted octanol–water partition coefficient (Wildman–Crippen LogP) is 2.29. The van der Waals surface area contributed by atoms with Crippen molar-refractivity contribution in [2.75, 3.05) is 17.7 Å². The van der Waals surface area contributed by atoms with Crippen LogP contribution >= 0.6 is 0 Å². The van der Waals surface area contributed by atoms with E-state index in [2.05, 4.69) is 25.6 Å². The summed E-state index contributed by atoms with van der Waals surface area (Å²) in [5.74, 6) is 1.10. The van der Waals surface area contributed by atoms with Crippen molar-refractivity contribution >= 4 is 17.5 Å². The first kappa shape index (κ1) is 13.9. The molecule has 0 spiro atoms. The van der Waals surface area contributed by atoms with Crippen molar-refractivity contribution in [2.45, 2.75) is 19.8 Å². The van der Waals surface area contributed by atoms with Crippen LogP contribution in [-0.2, 0) is 0 Å². The zero-order valence-corrected chi connectivity index (χ0v) is 11.7. The highest BCUT2D eigenvalue weighted by Gasteiger charge is 2.12. The molecule has 0 saturated carbocycles. The Labute approximate surface area is 117 Å². The minimum absolute atomic E-state index is 0.230. The Morgan fingerprint density at radius 2 is 2.00 bits per heavy atom. The van der Waals surface area contributed by atoms with E-state index in [4.69, 9.17) is 0 Å². The first-order chi connectivity index (χ1) is 9.60. The van der Waals surface area contributed by atoms with Crippen molar-refractivity contribution in [3.05, 3.63) is 42.0 Å². The molecule has 2 rings (SSSR count). The van der Waals surface area contributed by atoms with Crippen molar-refractivity contribution in [3.63, 3.8) is 0 Å². The molecule has 2 aromatic rings. The van der Waals surface area contributed by atoms with Crippen LogP contribution in [0.3, 0.4) is 0 Å². The van der Waals surface area contributed by atoms with Crippen LogP contribution < -0.4 is 10.6 Å². The lowest BCUT2D eigenvalue weighted by Crippen LogP contribution is -2.14. The number of hydrogen-bond donors (Lipinski definition) is 2. The Morgan fingerprint density at radius 3 is 2.60 bits per heavy atom. The van der Waals surface area contributed by atoms with Crippen molar-refractivity contribution in [1.29, 1.82) is 0 Å². The van der Waals surface area contributed by atoms with Crippen molar-refractivity contribution in [3.8, 4) is 0 Å². The lowest BCUT2D eigenvalue weighted by atomic mass is 10.1. The van der Waals surface area contributed by atoms with Gasteiger partial charge in [-0.2, -0.15) is 0 Å². The van der Waals surface area contributed by atoms with E-state index in [1.807, 2.05) is 13.8 Å². The molecule has 6 nitrogen and oxygen atoms in total. The maximum Gasteiger partial charge on any atom is 0.257 e. The Morgan fingerprint density at radius 1 is 1.20 bits per heavy atom. The van der Waals surface area contributed by atoms with Crippen molar-refractivity contribution in [2.24, 2.45) is 0 Å². The predicted molar refractivity (Wildman–Crippen MR) is 77.9 cm³/mol. The molecule has 0 aliphatic heterocycles. The number of aromatic nitrogens is 3. The second-order valence-electron chi connectivity index (χ2n) is 4.62. The van der Waals surface area contributed by atoms with E-state index in [0.717, 1.165) is 5.69 Å². The van der Waals surface area contributed by atoms with Gasteiger partial charge in [0.05, 0.1) is 6.20 Å². The number of carbonyl (C=O) groups excluding carboxylic acids is 1. The van der Waals surface area contributed by atoms with Gasteiger partial charge in [0.2, 0.25) is 0 Å². The topological polar surface area (TPSA) is 79.8 Å². The van der Waals surface area contributed by atoms with E-state index in [-0.39, 0.29) is 11.8 Å². The number of nitrogens with zero attached hydrogens (tertiary/aromatic N) is 3. The van der Waals surface area contributed by atoms with Gasteiger partial charge < -0.3 is 10.6 Å². The summed E-state index contributed by atoms with van der Waals surface area (Å²) in [5.41, 5.74) is 1.40. The molecule has 2 aromatic heterocycles. The van der Waals surface area contributed by atoms with E-state index >= 15 is 0 Å². The van der Waals surface area contributed by atoms with Crippen LogP contribution in [0.15, 0.2) is 30.7 Å². The Hall–Kier alpha value is -2.50. The van der Waals surface area contributed by atoms with Crippen LogP contribution in [0.1, 0.15) is 35.8 Å². The van der Waals surface area contributed by atoms with Crippen LogP contribution in [-0.4, -0.2) is 27.9 Å². The maximum absolute atomic E-state index is 12.2. The Balaban J connectivity index is 2.27. The van der Waals surface area contributed by atoms with Gasteiger partial charge in [-0.3, -0.25) is 9.78 Å². The molecule has 6 heteroatoms. The summed E-state index contributed by atoms with van der Waals surface area (Å²) in [6, 6.07) is 3.49. The summed E-state index contributed by atoms with van der Waals surface area (Å²) in [6.45, 7) is 4.07. The smallest absolute Gasteiger partial charge is 0.257 e. The van der Waals surface area contributed by atoms with Gasteiger partial charge in [0.1, 0.15) is 5.82 Å². The minimum atomic E-state index is -0.230. The lowest BCUT2D eigenvalue weighted by molar-refractivity contribution is 0.102. The fourth-order valence-corrected chi connectivity index (χ4v) is 1.66. The zero-order chi connectivity index (χ0) is 14.5. The first-order valence-corrected chi connectivity index (χ1v) is 6.37. The summed E-state index contributed by atoms with van der Waals surface area (Å²) < 4.78 is 0. The maximum atomic E-state index is 12.2. The Bertz CT molecular complexity index is 598. The zero-order valence-electron chi connectivity index (χ0n) is 11.7. The summed E-state index contributed by atoms with van der Waals surface area (Å²) in [4.78, 5) is 24.6. The Kier molecular flexibility index (Phi) is 4.24.